The molecule has 1 aromatic rings. The van der Waals surface area contributed by atoms with Crippen LogP contribution in [0, 0.1) is 0 Å². The summed E-state index contributed by atoms with van der Waals surface area (Å²) in [6, 6.07) is 4.68. The Labute approximate surface area is 114 Å². The Bertz CT molecular complexity index is 572. The van der Waals surface area contributed by atoms with Gasteiger partial charge >= 0.3 is 5.97 Å². The summed E-state index contributed by atoms with van der Waals surface area (Å²) in [5.74, 6) is -2.38. The molecule has 106 valence electrons. The Balaban J connectivity index is 2.28. The fourth-order valence-electron chi connectivity index (χ4n) is 2.24. The van der Waals surface area contributed by atoms with E-state index >= 15 is 0 Å². The molecule has 2 amide bonds. The van der Waals surface area contributed by atoms with E-state index in [9.17, 15) is 19.5 Å². The Morgan fingerprint density at radius 1 is 1.25 bits per heavy atom. The molecule has 1 aliphatic heterocycles. The highest BCUT2D eigenvalue weighted by atomic mass is 16.4. The molecular formula is C13H14N2O5. The summed E-state index contributed by atoms with van der Waals surface area (Å²) in [6.07, 6.45) is -0.865. The maximum Gasteiger partial charge on any atom is 0.326 e. The fraction of sp³-hybridized carbons (Fsp3) is 0.308. The van der Waals surface area contributed by atoms with Crippen molar-refractivity contribution in [2.24, 2.45) is 5.73 Å². The Morgan fingerprint density at radius 3 is 2.50 bits per heavy atom. The van der Waals surface area contributed by atoms with E-state index in [1.165, 1.54) is 24.3 Å². The van der Waals surface area contributed by atoms with Crippen LogP contribution in [0.5, 0.6) is 0 Å². The van der Waals surface area contributed by atoms with Crippen LogP contribution in [-0.2, 0) is 4.79 Å². The summed E-state index contributed by atoms with van der Waals surface area (Å²) < 4.78 is 0. The van der Waals surface area contributed by atoms with Crippen LogP contribution in [0.2, 0.25) is 0 Å². The minimum absolute atomic E-state index is 0.00339. The summed E-state index contributed by atoms with van der Waals surface area (Å²) in [4.78, 5) is 35.5. The van der Waals surface area contributed by atoms with E-state index in [1.54, 1.807) is 0 Å². The van der Waals surface area contributed by atoms with Gasteiger partial charge in [-0.05, 0) is 18.2 Å². The van der Waals surface area contributed by atoms with E-state index < -0.39 is 29.9 Å². The van der Waals surface area contributed by atoms with Crippen molar-refractivity contribution in [3.05, 3.63) is 35.4 Å². The predicted molar refractivity (Wildman–Crippen MR) is 68.0 cm³/mol. The number of likely N-dealkylation sites (tertiary alicyclic amines) is 1. The van der Waals surface area contributed by atoms with Crippen molar-refractivity contribution in [1.29, 1.82) is 0 Å². The molecule has 0 saturated carbocycles. The highest BCUT2D eigenvalue weighted by Gasteiger charge is 2.39. The number of aliphatic hydroxyl groups excluding tert-OH is 1. The summed E-state index contributed by atoms with van der Waals surface area (Å²) in [5, 5.41) is 18.6. The van der Waals surface area contributed by atoms with Crippen molar-refractivity contribution in [3.8, 4) is 0 Å². The molecule has 1 fully saturated rings. The quantitative estimate of drug-likeness (QED) is 0.684. The SMILES string of the molecule is NC(=O)c1cccc(C(=O)N2CC(O)C[C@H]2C(=O)O)c1. The predicted octanol–water partition coefficient (Wildman–Crippen LogP) is -0.554. The molecule has 0 aliphatic carbocycles. The molecule has 7 nitrogen and oxygen atoms in total. The summed E-state index contributed by atoms with van der Waals surface area (Å²) >= 11 is 0. The van der Waals surface area contributed by atoms with Crippen LogP contribution >= 0.6 is 0 Å². The maximum atomic E-state index is 12.3. The molecule has 1 aliphatic rings. The molecule has 0 spiro atoms. The Morgan fingerprint density at radius 2 is 1.90 bits per heavy atom. The van der Waals surface area contributed by atoms with E-state index in [-0.39, 0.29) is 24.1 Å². The molecule has 0 aromatic heterocycles. The third-order valence-corrected chi connectivity index (χ3v) is 3.22. The number of benzene rings is 1. The average Bonchev–Trinajstić information content (AvgIpc) is 2.80. The third-order valence-electron chi connectivity index (χ3n) is 3.22. The Kier molecular flexibility index (Phi) is 3.71. The van der Waals surface area contributed by atoms with Gasteiger partial charge < -0.3 is 20.8 Å². The highest BCUT2D eigenvalue weighted by Crippen LogP contribution is 2.21. The lowest BCUT2D eigenvalue weighted by atomic mass is 10.1. The molecule has 1 heterocycles. The largest absolute Gasteiger partial charge is 0.480 e. The number of aliphatic hydroxyl groups is 1. The molecule has 1 unspecified atom stereocenters. The number of hydrogen-bond donors (Lipinski definition) is 3. The lowest BCUT2D eigenvalue weighted by molar-refractivity contribution is -0.141. The second kappa shape index (κ2) is 5.30. The number of β-amino-alcohol motifs (C(OH)–C–C–N with tert-alkyl or cyclic N) is 1. The van der Waals surface area contributed by atoms with Crippen molar-refractivity contribution >= 4 is 17.8 Å². The lowest BCUT2D eigenvalue weighted by Crippen LogP contribution is -2.40. The number of aliphatic carboxylic acids is 1. The fourth-order valence-corrected chi connectivity index (χ4v) is 2.24. The van der Waals surface area contributed by atoms with Crippen LogP contribution in [0.3, 0.4) is 0 Å². The van der Waals surface area contributed by atoms with Gasteiger partial charge in [0.1, 0.15) is 6.04 Å². The van der Waals surface area contributed by atoms with E-state index in [2.05, 4.69) is 0 Å². The van der Waals surface area contributed by atoms with Gasteiger partial charge in [0.2, 0.25) is 5.91 Å². The van der Waals surface area contributed by atoms with Gasteiger partial charge in [-0.25, -0.2) is 4.79 Å². The lowest BCUT2D eigenvalue weighted by Gasteiger charge is -2.21. The van der Waals surface area contributed by atoms with E-state index in [0.29, 0.717) is 0 Å². The summed E-state index contributed by atoms with van der Waals surface area (Å²) in [6.45, 7) is -0.0450. The van der Waals surface area contributed by atoms with Crippen LogP contribution in [-0.4, -0.2) is 51.6 Å². The number of amides is 2. The van der Waals surface area contributed by atoms with Gasteiger partial charge in [-0.2, -0.15) is 0 Å². The molecule has 0 bridgehead atoms. The first-order valence-corrected chi connectivity index (χ1v) is 6.02. The second-order valence-corrected chi connectivity index (χ2v) is 4.65. The number of nitrogens with two attached hydrogens (primary N) is 1. The van der Waals surface area contributed by atoms with Gasteiger partial charge in [-0.1, -0.05) is 6.07 Å². The van der Waals surface area contributed by atoms with Crippen molar-refractivity contribution in [3.63, 3.8) is 0 Å². The van der Waals surface area contributed by atoms with Gasteiger partial charge in [0.05, 0.1) is 6.10 Å². The Hall–Kier alpha value is -2.41. The third kappa shape index (κ3) is 2.62. The molecule has 4 N–H and O–H groups in total. The normalized spacial score (nSPS) is 21.8. The van der Waals surface area contributed by atoms with Crippen molar-refractivity contribution in [1.82, 2.24) is 4.90 Å². The molecular weight excluding hydrogens is 264 g/mol. The molecule has 1 saturated heterocycles. The topological polar surface area (TPSA) is 121 Å². The second-order valence-electron chi connectivity index (χ2n) is 4.65. The zero-order chi connectivity index (χ0) is 14.9. The monoisotopic (exact) mass is 278 g/mol. The first-order valence-electron chi connectivity index (χ1n) is 6.02. The van der Waals surface area contributed by atoms with Gasteiger partial charge in [-0.3, -0.25) is 9.59 Å². The summed E-state index contributed by atoms with van der Waals surface area (Å²) in [7, 11) is 0. The number of nitrogens with zero attached hydrogens (tertiary/aromatic N) is 1. The number of carbonyl (C=O) groups is 3. The van der Waals surface area contributed by atoms with Crippen LogP contribution in [0.15, 0.2) is 24.3 Å². The smallest absolute Gasteiger partial charge is 0.326 e. The number of carboxylic acids is 1. The molecule has 7 heteroatoms. The molecule has 20 heavy (non-hydrogen) atoms. The highest BCUT2D eigenvalue weighted by molar-refractivity contribution is 6.00. The van der Waals surface area contributed by atoms with Crippen LogP contribution in [0.4, 0.5) is 0 Å². The minimum Gasteiger partial charge on any atom is -0.480 e. The van der Waals surface area contributed by atoms with E-state index in [0.717, 1.165) is 4.90 Å². The molecule has 0 radical (unpaired) electrons. The van der Waals surface area contributed by atoms with Crippen molar-refractivity contribution < 1.29 is 24.6 Å². The van der Waals surface area contributed by atoms with Gasteiger partial charge in [0.25, 0.3) is 5.91 Å². The van der Waals surface area contributed by atoms with Gasteiger partial charge in [0, 0.05) is 24.1 Å². The zero-order valence-corrected chi connectivity index (χ0v) is 10.5. The average molecular weight is 278 g/mol. The zero-order valence-electron chi connectivity index (χ0n) is 10.5. The molecule has 2 atom stereocenters. The van der Waals surface area contributed by atoms with Gasteiger partial charge in [0.15, 0.2) is 0 Å². The van der Waals surface area contributed by atoms with E-state index in [4.69, 9.17) is 10.8 Å². The molecule has 1 aromatic carbocycles. The first kappa shape index (κ1) is 14.0. The molecule has 2 rings (SSSR count). The van der Waals surface area contributed by atoms with E-state index in [1.807, 2.05) is 0 Å². The number of hydrogen-bond acceptors (Lipinski definition) is 4. The van der Waals surface area contributed by atoms with Crippen LogP contribution in [0.1, 0.15) is 27.1 Å². The van der Waals surface area contributed by atoms with Crippen LogP contribution < -0.4 is 5.73 Å². The first-order chi connectivity index (χ1) is 9.40. The standard InChI is InChI=1S/C13H14N2O5/c14-11(17)7-2-1-3-8(4-7)12(18)15-6-9(16)5-10(15)13(19)20/h1-4,9-10,16H,5-6H2,(H2,14,17)(H,19,20)/t9?,10-/m0/s1. The van der Waals surface area contributed by atoms with Gasteiger partial charge in [-0.15, -0.1) is 0 Å². The maximum absolute atomic E-state index is 12.3. The number of carboxylic acid groups (broad SMARTS) is 1. The number of primary amides is 1. The van der Waals surface area contributed by atoms with Crippen LogP contribution in [0.25, 0.3) is 0 Å². The summed E-state index contributed by atoms with van der Waals surface area (Å²) in [5.41, 5.74) is 5.47. The van der Waals surface area contributed by atoms with Crippen molar-refractivity contribution in [2.75, 3.05) is 6.54 Å². The number of rotatable bonds is 3. The number of carbonyl (C=O) groups excluding carboxylic acids is 2. The minimum atomic E-state index is -1.17. The van der Waals surface area contributed by atoms with Crippen molar-refractivity contribution in [2.45, 2.75) is 18.6 Å².